The van der Waals surface area contributed by atoms with Gasteiger partial charge < -0.3 is 9.88 Å². The molecule has 4 rings (SSSR count). The van der Waals surface area contributed by atoms with Crippen molar-refractivity contribution in [3.05, 3.63) is 53.4 Å². The fourth-order valence-electron chi connectivity index (χ4n) is 3.76. The van der Waals surface area contributed by atoms with Crippen molar-refractivity contribution >= 4 is 11.6 Å². The molecule has 0 unspecified atom stereocenters. The van der Waals surface area contributed by atoms with Gasteiger partial charge in [-0.1, -0.05) is 18.2 Å². The number of hydrogen-bond acceptors (Lipinski definition) is 5. The zero-order valence-electron chi connectivity index (χ0n) is 17.4. The van der Waals surface area contributed by atoms with E-state index in [0.717, 1.165) is 53.8 Å². The van der Waals surface area contributed by atoms with Crippen molar-refractivity contribution in [2.45, 2.75) is 52.7 Å². The highest BCUT2D eigenvalue weighted by Crippen LogP contribution is 2.23. The van der Waals surface area contributed by atoms with Crippen LogP contribution in [0.2, 0.25) is 0 Å². The number of carbonyl (C=O) groups is 1. The van der Waals surface area contributed by atoms with Gasteiger partial charge in [-0.15, -0.1) is 10.2 Å². The normalized spacial score (nSPS) is 14.2. The minimum absolute atomic E-state index is 0.0625. The standard InChI is InChI=1S/C21H27N7O/c1-14-20(15(2)28(25-14)17-9-6-5-7-10-17)22-21(29)16(3)26(4)13-19-24-23-18-11-8-12-27(18)19/h5-7,9-10,16H,8,11-13H2,1-4H3,(H,22,29)/t16-/m0/s1. The van der Waals surface area contributed by atoms with Crippen LogP contribution in [0.3, 0.4) is 0 Å². The van der Waals surface area contributed by atoms with Gasteiger partial charge in [0.05, 0.1) is 35.3 Å². The van der Waals surface area contributed by atoms with E-state index in [2.05, 4.69) is 25.2 Å². The fourth-order valence-corrected chi connectivity index (χ4v) is 3.76. The molecule has 3 aromatic rings. The lowest BCUT2D eigenvalue weighted by atomic mass is 10.2. The number of likely N-dealkylation sites (N-methyl/N-ethyl adjacent to an activating group) is 1. The van der Waals surface area contributed by atoms with Crippen molar-refractivity contribution in [3.63, 3.8) is 0 Å². The lowest BCUT2D eigenvalue weighted by Crippen LogP contribution is -2.39. The number of aromatic nitrogens is 5. The number of para-hydroxylation sites is 1. The molecule has 0 saturated heterocycles. The summed E-state index contributed by atoms with van der Waals surface area (Å²) in [5, 5.41) is 16.2. The van der Waals surface area contributed by atoms with Crippen LogP contribution < -0.4 is 5.32 Å². The maximum absolute atomic E-state index is 12.9. The van der Waals surface area contributed by atoms with Crippen molar-refractivity contribution in [2.75, 3.05) is 12.4 Å². The number of nitrogens with zero attached hydrogens (tertiary/aromatic N) is 6. The first-order valence-corrected chi connectivity index (χ1v) is 9.99. The van der Waals surface area contributed by atoms with E-state index in [4.69, 9.17) is 0 Å². The maximum atomic E-state index is 12.9. The Bertz CT molecular complexity index is 1020. The van der Waals surface area contributed by atoms with E-state index >= 15 is 0 Å². The lowest BCUT2D eigenvalue weighted by molar-refractivity contribution is -0.120. The molecule has 8 heteroatoms. The van der Waals surface area contributed by atoms with Gasteiger partial charge in [-0.3, -0.25) is 9.69 Å². The second-order valence-corrected chi connectivity index (χ2v) is 7.66. The van der Waals surface area contributed by atoms with Gasteiger partial charge >= 0.3 is 0 Å². The number of rotatable bonds is 6. The number of nitrogens with one attached hydrogen (secondary N) is 1. The van der Waals surface area contributed by atoms with E-state index < -0.39 is 0 Å². The first-order valence-electron chi connectivity index (χ1n) is 9.99. The van der Waals surface area contributed by atoms with E-state index in [1.165, 1.54) is 0 Å². The SMILES string of the molecule is Cc1nn(-c2ccccc2)c(C)c1NC(=O)[C@H](C)N(C)Cc1nnc2n1CCC2. The summed E-state index contributed by atoms with van der Waals surface area (Å²) >= 11 is 0. The molecule has 1 N–H and O–H groups in total. The Morgan fingerprint density at radius 1 is 1.24 bits per heavy atom. The van der Waals surface area contributed by atoms with Gasteiger partial charge in [-0.2, -0.15) is 5.10 Å². The number of aryl methyl sites for hydroxylation is 2. The second kappa shape index (κ2) is 7.79. The topological polar surface area (TPSA) is 80.9 Å². The van der Waals surface area contributed by atoms with Crippen LogP contribution in [-0.4, -0.2) is 48.4 Å². The molecule has 0 spiro atoms. The van der Waals surface area contributed by atoms with Gasteiger partial charge in [0.15, 0.2) is 0 Å². The van der Waals surface area contributed by atoms with Crippen molar-refractivity contribution in [2.24, 2.45) is 0 Å². The number of carbonyl (C=O) groups excluding carboxylic acids is 1. The summed E-state index contributed by atoms with van der Waals surface area (Å²) in [6.07, 6.45) is 2.10. The van der Waals surface area contributed by atoms with Crippen LogP contribution in [0.1, 0.15) is 36.4 Å². The molecule has 2 aromatic heterocycles. The van der Waals surface area contributed by atoms with Gasteiger partial charge in [0, 0.05) is 13.0 Å². The molecule has 29 heavy (non-hydrogen) atoms. The molecule has 0 fully saturated rings. The Morgan fingerprint density at radius 3 is 2.76 bits per heavy atom. The van der Waals surface area contributed by atoms with E-state index in [1.807, 2.05) is 67.7 Å². The van der Waals surface area contributed by atoms with Crippen LogP contribution in [0.5, 0.6) is 0 Å². The third-order valence-electron chi connectivity index (χ3n) is 5.66. The van der Waals surface area contributed by atoms with Gasteiger partial charge in [0.2, 0.25) is 5.91 Å². The Labute approximate surface area is 170 Å². The average Bonchev–Trinajstić information content (AvgIpc) is 3.40. The highest BCUT2D eigenvalue weighted by Gasteiger charge is 2.24. The quantitative estimate of drug-likeness (QED) is 0.696. The monoisotopic (exact) mass is 393 g/mol. The fraction of sp³-hybridized carbons (Fsp3) is 0.429. The molecule has 1 aliphatic rings. The molecule has 8 nitrogen and oxygen atoms in total. The van der Waals surface area contributed by atoms with Gasteiger partial charge in [0.25, 0.3) is 0 Å². The molecule has 0 radical (unpaired) electrons. The minimum atomic E-state index is -0.316. The molecule has 152 valence electrons. The molecule has 3 heterocycles. The summed E-state index contributed by atoms with van der Waals surface area (Å²) in [7, 11) is 1.94. The molecule has 0 bridgehead atoms. The summed E-state index contributed by atoms with van der Waals surface area (Å²) in [5.74, 6) is 1.90. The largest absolute Gasteiger partial charge is 0.322 e. The van der Waals surface area contributed by atoms with E-state index in [0.29, 0.717) is 6.54 Å². The number of anilines is 1. The summed E-state index contributed by atoms with van der Waals surface area (Å²) in [6, 6.07) is 9.60. The van der Waals surface area contributed by atoms with Crippen molar-refractivity contribution in [1.82, 2.24) is 29.4 Å². The van der Waals surface area contributed by atoms with Crippen molar-refractivity contribution in [3.8, 4) is 5.69 Å². The molecule has 1 amide bonds. The molecular formula is C21H27N7O. The molecule has 1 aromatic carbocycles. The van der Waals surface area contributed by atoms with Crippen LogP contribution in [0.25, 0.3) is 5.69 Å². The van der Waals surface area contributed by atoms with Crippen LogP contribution in [0, 0.1) is 13.8 Å². The maximum Gasteiger partial charge on any atom is 0.241 e. The molecular weight excluding hydrogens is 366 g/mol. The smallest absolute Gasteiger partial charge is 0.241 e. The highest BCUT2D eigenvalue weighted by molar-refractivity contribution is 5.95. The number of benzene rings is 1. The van der Waals surface area contributed by atoms with E-state index in [1.54, 1.807) is 0 Å². The number of hydrogen-bond donors (Lipinski definition) is 1. The molecule has 0 aliphatic carbocycles. The van der Waals surface area contributed by atoms with Crippen LogP contribution in [0.15, 0.2) is 30.3 Å². The zero-order valence-corrected chi connectivity index (χ0v) is 17.4. The predicted octanol–water partition coefficient (Wildman–Crippen LogP) is 2.49. The van der Waals surface area contributed by atoms with E-state index in [-0.39, 0.29) is 11.9 Å². The summed E-state index contributed by atoms with van der Waals surface area (Å²) < 4.78 is 4.03. The van der Waals surface area contributed by atoms with Crippen LogP contribution >= 0.6 is 0 Å². The molecule has 0 saturated carbocycles. The Kier molecular flexibility index (Phi) is 5.19. The van der Waals surface area contributed by atoms with Gasteiger partial charge in [-0.25, -0.2) is 4.68 Å². The summed E-state index contributed by atoms with van der Waals surface area (Å²) in [4.78, 5) is 14.9. The Hall–Kier alpha value is -3.00. The first-order chi connectivity index (χ1) is 14.0. The third kappa shape index (κ3) is 3.67. The van der Waals surface area contributed by atoms with E-state index in [9.17, 15) is 4.79 Å². The van der Waals surface area contributed by atoms with Crippen molar-refractivity contribution < 1.29 is 4.79 Å². The first kappa shape index (κ1) is 19.3. The number of fused-ring (bicyclic) bond motifs is 1. The predicted molar refractivity (Wildman–Crippen MR) is 111 cm³/mol. The zero-order chi connectivity index (χ0) is 20.5. The van der Waals surface area contributed by atoms with Gasteiger partial charge in [0.1, 0.15) is 11.6 Å². The molecule has 1 atom stereocenters. The van der Waals surface area contributed by atoms with Crippen LogP contribution in [0.4, 0.5) is 5.69 Å². The summed E-state index contributed by atoms with van der Waals surface area (Å²) in [5.41, 5.74) is 3.44. The Morgan fingerprint density at radius 2 is 2.00 bits per heavy atom. The van der Waals surface area contributed by atoms with Crippen molar-refractivity contribution in [1.29, 1.82) is 0 Å². The third-order valence-corrected chi connectivity index (χ3v) is 5.66. The Balaban J connectivity index is 1.46. The summed E-state index contributed by atoms with van der Waals surface area (Å²) in [6.45, 7) is 7.33. The second-order valence-electron chi connectivity index (χ2n) is 7.66. The average molecular weight is 393 g/mol. The minimum Gasteiger partial charge on any atom is -0.322 e. The highest BCUT2D eigenvalue weighted by atomic mass is 16.2. The lowest BCUT2D eigenvalue weighted by Gasteiger charge is -2.23. The van der Waals surface area contributed by atoms with Crippen LogP contribution in [-0.2, 0) is 24.3 Å². The van der Waals surface area contributed by atoms with Gasteiger partial charge in [-0.05, 0) is 46.4 Å². The number of amides is 1. The molecule has 1 aliphatic heterocycles.